The Morgan fingerprint density at radius 2 is 1.94 bits per heavy atom. The van der Waals surface area contributed by atoms with Crippen LogP contribution in [0.1, 0.15) is 25.3 Å². The molecule has 0 fully saturated rings. The highest BCUT2D eigenvalue weighted by Gasteiger charge is 2.05. The molecule has 1 amide bonds. The van der Waals surface area contributed by atoms with Gasteiger partial charge in [-0.3, -0.25) is 4.79 Å². The van der Waals surface area contributed by atoms with Gasteiger partial charge in [0.15, 0.2) is 0 Å². The lowest BCUT2D eigenvalue weighted by molar-refractivity contribution is -0.135. The average Bonchev–Trinajstić information content (AvgIpc) is 2.35. The molecule has 0 aromatic heterocycles. The number of carbonyl (C=O) groups is 2. The highest BCUT2D eigenvalue weighted by atomic mass is 16.6. The summed E-state index contributed by atoms with van der Waals surface area (Å²) >= 11 is 0. The van der Waals surface area contributed by atoms with E-state index in [0.717, 1.165) is 19.3 Å². The van der Waals surface area contributed by atoms with Crippen molar-refractivity contribution in [3.8, 4) is 5.75 Å². The van der Waals surface area contributed by atoms with E-state index in [2.05, 4.69) is 12.2 Å². The highest BCUT2D eigenvalue weighted by Crippen LogP contribution is 2.13. The number of carboxylic acid groups (broad SMARTS) is 1. The van der Waals surface area contributed by atoms with Gasteiger partial charge in [0.25, 0.3) is 0 Å². The van der Waals surface area contributed by atoms with Crippen LogP contribution >= 0.6 is 0 Å². The molecule has 0 bridgehead atoms. The van der Waals surface area contributed by atoms with Gasteiger partial charge in [0.1, 0.15) is 12.3 Å². The quantitative estimate of drug-likeness (QED) is 0.812. The summed E-state index contributed by atoms with van der Waals surface area (Å²) in [5.41, 5.74) is 1.19. The average molecular weight is 251 g/mol. The molecule has 0 aliphatic heterocycles. The zero-order valence-corrected chi connectivity index (χ0v) is 10.3. The molecule has 18 heavy (non-hydrogen) atoms. The molecule has 0 saturated carbocycles. The molecular weight excluding hydrogens is 234 g/mol. The number of ether oxygens (including phenoxy) is 1. The van der Waals surface area contributed by atoms with E-state index in [-0.39, 0.29) is 0 Å². The number of benzene rings is 1. The first-order valence-electron chi connectivity index (χ1n) is 5.88. The van der Waals surface area contributed by atoms with Crippen LogP contribution in [0.25, 0.3) is 0 Å². The maximum absolute atomic E-state index is 11.2. The first-order chi connectivity index (χ1) is 8.61. The van der Waals surface area contributed by atoms with E-state index in [0.29, 0.717) is 5.75 Å². The second-order valence-corrected chi connectivity index (χ2v) is 3.88. The first kappa shape index (κ1) is 14.0. The van der Waals surface area contributed by atoms with Crippen molar-refractivity contribution in [1.29, 1.82) is 0 Å². The molecule has 0 heterocycles. The number of hydrogen-bond donors (Lipinski definition) is 2. The summed E-state index contributed by atoms with van der Waals surface area (Å²) in [5, 5.41) is 10.5. The fraction of sp³-hybridized carbons (Fsp3) is 0.385. The Balaban J connectivity index is 2.42. The number of amides is 1. The lowest BCUT2D eigenvalue weighted by Crippen LogP contribution is -2.31. The molecule has 0 atom stereocenters. The fourth-order valence-electron chi connectivity index (χ4n) is 1.40. The van der Waals surface area contributed by atoms with Gasteiger partial charge in [-0.15, -0.1) is 0 Å². The molecule has 1 aromatic rings. The van der Waals surface area contributed by atoms with Crippen LogP contribution in [0, 0.1) is 0 Å². The zero-order chi connectivity index (χ0) is 13.4. The highest BCUT2D eigenvalue weighted by molar-refractivity contribution is 5.77. The Morgan fingerprint density at radius 3 is 2.50 bits per heavy atom. The Bertz CT molecular complexity index is 400. The van der Waals surface area contributed by atoms with Crippen molar-refractivity contribution < 1.29 is 19.4 Å². The lowest BCUT2D eigenvalue weighted by Gasteiger charge is -2.05. The van der Waals surface area contributed by atoms with E-state index in [1.54, 1.807) is 12.1 Å². The summed E-state index contributed by atoms with van der Waals surface area (Å²) in [6, 6.07) is 7.20. The molecule has 2 N–H and O–H groups in total. The maximum atomic E-state index is 11.2. The first-order valence-corrected chi connectivity index (χ1v) is 5.88. The largest absolute Gasteiger partial charge is 0.480 e. The number of carboxylic acids is 1. The number of carbonyl (C=O) groups excluding carboxylic acids is 1. The molecule has 5 nitrogen and oxygen atoms in total. The van der Waals surface area contributed by atoms with Gasteiger partial charge in [-0.05, 0) is 30.5 Å². The predicted octanol–water partition coefficient (Wildman–Crippen LogP) is 2.20. The van der Waals surface area contributed by atoms with Gasteiger partial charge in [0, 0.05) is 0 Å². The van der Waals surface area contributed by atoms with Crippen molar-refractivity contribution >= 4 is 12.1 Å². The summed E-state index contributed by atoms with van der Waals surface area (Å²) in [6.07, 6.45) is 2.50. The number of hydrogen-bond acceptors (Lipinski definition) is 3. The summed E-state index contributed by atoms with van der Waals surface area (Å²) < 4.78 is 4.91. The van der Waals surface area contributed by atoms with Crippen LogP contribution in [0.2, 0.25) is 0 Å². The molecule has 98 valence electrons. The van der Waals surface area contributed by atoms with Crippen LogP contribution in [0.5, 0.6) is 5.75 Å². The topological polar surface area (TPSA) is 75.6 Å². The molecule has 0 unspecified atom stereocenters. The van der Waals surface area contributed by atoms with Gasteiger partial charge in [-0.2, -0.15) is 0 Å². The zero-order valence-electron chi connectivity index (χ0n) is 10.3. The molecule has 0 radical (unpaired) electrons. The third kappa shape index (κ3) is 5.34. The van der Waals surface area contributed by atoms with E-state index in [4.69, 9.17) is 9.84 Å². The number of aryl methyl sites for hydroxylation is 1. The van der Waals surface area contributed by atoms with Crippen molar-refractivity contribution in [2.24, 2.45) is 0 Å². The van der Waals surface area contributed by atoms with Gasteiger partial charge in [0.2, 0.25) is 0 Å². The van der Waals surface area contributed by atoms with Crippen LogP contribution < -0.4 is 10.1 Å². The van der Waals surface area contributed by atoms with Gasteiger partial charge >= 0.3 is 12.1 Å². The Kier molecular flexibility index (Phi) is 5.70. The van der Waals surface area contributed by atoms with Crippen molar-refractivity contribution in [1.82, 2.24) is 5.32 Å². The van der Waals surface area contributed by atoms with Crippen molar-refractivity contribution in [2.75, 3.05) is 6.54 Å². The minimum absolute atomic E-state index is 0.401. The normalized spacial score (nSPS) is 9.83. The van der Waals surface area contributed by atoms with Crippen LogP contribution in [0.15, 0.2) is 24.3 Å². The van der Waals surface area contributed by atoms with E-state index in [9.17, 15) is 9.59 Å². The molecule has 0 spiro atoms. The van der Waals surface area contributed by atoms with Gasteiger partial charge < -0.3 is 15.2 Å². The summed E-state index contributed by atoms with van der Waals surface area (Å²) in [6.45, 7) is 1.68. The van der Waals surface area contributed by atoms with Gasteiger partial charge in [-0.1, -0.05) is 25.5 Å². The van der Waals surface area contributed by atoms with E-state index in [1.807, 2.05) is 12.1 Å². The standard InChI is InChI=1S/C13H17NO4/c1-2-3-4-10-5-7-11(8-6-10)18-13(17)14-9-12(15)16/h5-8H,2-4,9H2,1H3,(H,14,17)(H,15,16). The predicted molar refractivity (Wildman–Crippen MR) is 66.7 cm³/mol. The Labute approximate surface area is 106 Å². The Hall–Kier alpha value is -2.04. The summed E-state index contributed by atoms with van der Waals surface area (Å²) in [5.74, 6) is -0.708. The van der Waals surface area contributed by atoms with Crippen LogP contribution in [-0.4, -0.2) is 23.7 Å². The third-order valence-electron chi connectivity index (χ3n) is 2.34. The van der Waals surface area contributed by atoms with E-state index < -0.39 is 18.6 Å². The maximum Gasteiger partial charge on any atom is 0.413 e. The molecule has 0 aliphatic carbocycles. The molecule has 0 aliphatic rings. The van der Waals surface area contributed by atoms with Gasteiger partial charge in [-0.25, -0.2) is 4.79 Å². The summed E-state index contributed by atoms with van der Waals surface area (Å²) in [7, 11) is 0. The van der Waals surface area contributed by atoms with E-state index in [1.165, 1.54) is 5.56 Å². The Morgan fingerprint density at radius 1 is 1.28 bits per heavy atom. The number of rotatable bonds is 6. The van der Waals surface area contributed by atoms with Gasteiger partial charge in [0.05, 0.1) is 0 Å². The van der Waals surface area contributed by atoms with Crippen LogP contribution in [0.3, 0.4) is 0 Å². The molecular formula is C13H17NO4. The second kappa shape index (κ2) is 7.32. The smallest absolute Gasteiger partial charge is 0.413 e. The monoisotopic (exact) mass is 251 g/mol. The fourth-order valence-corrected chi connectivity index (χ4v) is 1.40. The number of unbranched alkanes of at least 4 members (excludes halogenated alkanes) is 1. The van der Waals surface area contributed by atoms with Crippen LogP contribution in [-0.2, 0) is 11.2 Å². The number of aliphatic carboxylic acids is 1. The van der Waals surface area contributed by atoms with Crippen molar-refractivity contribution in [3.05, 3.63) is 29.8 Å². The second-order valence-electron chi connectivity index (χ2n) is 3.88. The lowest BCUT2D eigenvalue weighted by atomic mass is 10.1. The minimum Gasteiger partial charge on any atom is -0.480 e. The SMILES string of the molecule is CCCCc1ccc(OC(=O)NCC(=O)O)cc1. The van der Waals surface area contributed by atoms with Crippen molar-refractivity contribution in [3.63, 3.8) is 0 Å². The van der Waals surface area contributed by atoms with E-state index >= 15 is 0 Å². The molecule has 1 aromatic carbocycles. The number of nitrogens with one attached hydrogen (secondary N) is 1. The molecule has 0 saturated heterocycles. The van der Waals surface area contributed by atoms with Crippen molar-refractivity contribution in [2.45, 2.75) is 26.2 Å². The minimum atomic E-state index is -1.11. The molecule has 5 heteroatoms. The molecule has 1 rings (SSSR count). The third-order valence-corrected chi connectivity index (χ3v) is 2.34. The van der Waals surface area contributed by atoms with Crippen LogP contribution in [0.4, 0.5) is 4.79 Å². The summed E-state index contributed by atoms with van der Waals surface area (Å²) in [4.78, 5) is 21.4.